The van der Waals surface area contributed by atoms with E-state index in [1.807, 2.05) is 34.2 Å². The second kappa shape index (κ2) is 9.47. The molecule has 0 atom stereocenters. The molecular formula is C22H26N4O5S. The van der Waals surface area contributed by atoms with Crippen molar-refractivity contribution in [2.45, 2.75) is 13.3 Å². The van der Waals surface area contributed by atoms with Gasteiger partial charge in [0.2, 0.25) is 5.91 Å². The summed E-state index contributed by atoms with van der Waals surface area (Å²) in [6, 6.07) is 5.58. The lowest BCUT2D eigenvalue weighted by Crippen LogP contribution is -2.51. The number of rotatable bonds is 6. The summed E-state index contributed by atoms with van der Waals surface area (Å²) in [6.07, 6.45) is 1.87. The quantitative estimate of drug-likeness (QED) is 0.565. The number of carbonyl (C=O) groups excluding carboxylic acids is 2. The second-order valence-corrected chi connectivity index (χ2v) is 8.15. The van der Waals surface area contributed by atoms with Gasteiger partial charge in [0, 0.05) is 49.0 Å². The van der Waals surface area contributed by atoms with Crippen LogP contribution in [-0.2, 0) is 16.0 Å². The Balaban J connectivity index is 1.48. The molecule has 3 aromatic rings. The first kappa shape index (κ1) is 21.9. The molecule has 2 amide bonds. The number of nitrogens with zero attached hydrogens (tertiary/aromatic N) is 4. The van der Waals surface area contributed by atoms with Gasteiger partial charge in [0.25, 0.3) is 0 Å². The molecule has 1 saturated heterocycles. The van der Waals surface area contributed by atoms with Gasteiger partial charge in [-0.25, -0.2) is 9.78 Å². The van der Waals surface area contributed by atoms with Crippen LogP contribution in [0.1, 0.15) is 12.6 Å². The number of methoxy groups -OCH3 is 2. The van der Waals surface area contributed by atoms with E-state index in [-0.39, 0.29) is 18.4 Å². The maximum atomic E-state index is 12.9. The van der Waals surface area contributed by atoms with E-state index >= 15 is 0 Å². The molecule has 0 unspecified atom stereocenters. The molecule has 0 N–H and O–H groups in total. The van der Waals surface area contributed by atoms with Gasteiger partial charge >= 0.3 is 6.09 Å². The molecule has 10 heteroatoms. The Labute approximate surface area is 190 Å². The highest BCUT2D eigenvalue weighted by atomic mass is 32.1. The number of benzene rings is 1. The largest absolute Gasteiger partial charge is 0.497 e. The Morgan fingerprint density at radius 2 is 1.84 bits per heavy atom. The minimum atomic E-state index is -0.321. The highest BCUT2D eigenvalue weighted by Crippen LogP contribution is 2.34. The van der Waals surface area contributed by atoms with Gasteiger partial charge < -0.3 is 24.0 Å². The molecule has 1 fully saturated rings. The van der Waals surface area contributed by atoms with Gasteiger partial charge in [-0.1, -0.05) is 0 Å². The smallest absolute Gasteiger partial charge is 0.409 e. The van der Waals surface area contributed by atoms with E-state index in [9.17, 15) is 9.59 Å². The summed E-state index contributed by atoms with van der Waals surface area (Å²) in [4.78, 5) is 33.7. The summed E-state index contributed by atoms with van der Waals surface area (Å²) in [7, 11) is 3.24. The Kier molecular flexibility index (Phi) is 6.50. The lowest BCUT2D eigenvalue weighted by molar-refractivity contribution is -0.132. The maximum Gasteiger partial charge on any atom is 0.409 e. The summed E-state index contributed by atoms with van der Waals surface area (Å²) in [5.41, 5.74) is 2.46. The third kappa shape index (κ3) is 4.36. The van der Waals surface area contributed by atoms with Crippen molar-refractivity contribution in [3.05, 3.63) is 35.5 Å². The highest BCUT2D eigenvalue weighted by molar-refractivity contribution is 7.15. The predicted octanol–water partition coefficient (Wildman–Crippen LogP) is 2.92. The van der Waals surface area contributed by atoms with Gasteiger partial charge in [-0.15, -0.1) is 11.3 Å². The summed E-state index contributed by atoms with van der Waals surface area (Å²) in [5, 5.41) is 1.96. The van der Waals surface area contributed by atoms with Crippen LogP contribution in [0.2, 0.25) is 0 Å². The van der Waals surface area contributed by atoms with Crippen LogP contribution >= 0.6 is 11.3 Å². The van der Waals surface area contributed by atoms with E-state index in [1.54, 1.807) is 30.9 Å². The summed E-state index contributed by atoms with van der Waals surface area (Å²) in [6.45, 7) is 4.09. The van der Waals surface area contributed by atoms with Gasteiger partial charge in [-0.2, -0.15) is 0 Å². The zero-order chi connectivity index (χ0) is 22.7. The van der Waals surface area contributed by atoms with Gasteiger partial charge in [-0.05, 0) is 25.1 Å². The average molecular weight is 459 g/mol. The molecule has 1 aromatic carbocycles. The predicted molar refractivity (Wildman–Crippen MR) is 120 cm³/mol. The van der Waals surface area contributed by atoms with Crippen LogP contribution in [0.25, 0.3) is 16.2 Å². The Bertz CT molecular complexity index is 1120. The number of hydrogen-bond donors (Lipinski definition) is 0. The molecule has 32 heavy (non-hydrogen) atoms. The number of amides is 2. The number of imidazole rings is 1. The minimum absolute atomic E-state index is 0.0300. The first-order valence-corrected chi connectivity index (χ1v) is 11.3. The van der Waals surface area contributed by atoms with Gasteiger partial charge in [-0.3, -0.25) is 9.20 Å². The maximum absolute atomic E-state index is 12.9. The standard InChI is InChI=1S/C22H26N4O5S/c1-4-31-22(28)25-9-7-24(8-10-25)20(27)11-15-14-32-21-23-18(13-26(15)21)17-12-16(29-2)5-6-19(17)30-3/h5-6,12-14H,4,7-11H2,1-3H3. The zero-order valence-electron chi connectivity index (χ0n) is 18.4. The normalized spacial score (nSPS) is 14.0. The van der Waals surface area contributed by atoms with Crippen molar-refractivity contribution >= 4 is 28.3 Å². The van der Waals surface area contributed by atoms with Crippen LogP contribution in [0.5, 0.6) is 11.5 Å². The molecule has 4 rings (SSSR count). The van der Waals surface area contributed by atoms with Crippen molar-refractivity contribution < 1.29 is 23.8 Å². The fourth-order valence-electron chi connectivity index (χ4n) is 3.72. The van der Waals surface area contributed by atoms with Crippen molar-refractivity contribution in [1.29, 1.82) is 0 Å². The number of carbonyl (C=O) groups is 2. The third-order valence-corrected chi connectivity index (χ3v) is 6.35. The monoisotopic (exact) mass is 458 g/mol. The number of thiazole rings is 1. The van der Waals surface area contributed by atoms with E-state index in [4.69, 9.17) is 19.2 Å². The van der Waals surface area contributed by atoms with Crippen molar-refractivity contribution in [2.24, 2.45) is 0 Å². The molecule has 1 aliphatic rings. The molecule has 3 heterocycles. The molecule has 2 aromatic heterocycles. The van der Waals surface area contributed by atoms with E-state index < -0.39 is 0 Å². The Morgan fingerprint density at radius 3 is 2.53 bits per heavy atom. The van der Waals surface area contributed by atoms with Crippen LogP contribution < -0.4 is 9.47 Å². The molecule has 1 aliphatic heterocycles. The lowest BCUT2D eigenvalue weighted by atomic mass is 10.1. The lowest BCUT2D eigenvalue weighted by Gasteiger charge is -2.34. The number of aromatic nitrogens is 2. The first-order valence-electron chi connectivity index (χ1n) is 10.4. The molecule has 9 nitrogen and oxygen atoms in total. The van der Waals surface area contributed by atoms with Crippen molar-refractivity contribution in [3.63, 3.8) is 0 Å². The van der Waals surface area contributed by atoms with Gasteiger partial charge in [0.15, 0.2) is 4.96 Å². The van der Waals surface area contributed by atoms with Crippen molar-refractivity contribution in [2.75, 3.05) is 47.0 Å². The molecule has 0 radical (unpaired) electrons. The fourth-order valence-corrected chi connectivity index (χ4v) is 4.59. The molecule has 170 valence electrons. The summed E-state index contributed by atoms with van der Waals surface area (Å²) >= 11 is 1.49. The molecule has 0 aliphatic carbocycles. The molecule has 0 saturated carbocycles. The number of piperazine rings is 1. The number of fused-ring (bicyclic) bond motifs is 1. The number of hydrogen-bond acceptors (Lipinski definition) is 7. The van der Waals surface area contributed by atoms with E-state index in [0.29, 0.717) is 38.5 Å². The van der Waals surface area contributed by atoms with Crippen LogP contribution in [0.15, 0.2) is 29.8 Å². The highest BCUT2D eigenvalue weighted by Gasteiger charge is 2.25. The van der Waals surface area contributed by atoms with E-state index in [2.05, 4.69) is 0 Å². The molecule has 0 spiro atoms. The van der Waals surface area contributed by atoms with Crippen LogP contribution in [0.4, 0.5) is 4.79 Å². The summed E-state index contributed by atoms with van der Waals surface area (Å²) in [5.74, 6) is 1.45. The van der Waals surface area contributed by atoms with Gasteiger partial charge in [0.1, 0.15) is 11.5 Å². The average Bonchev–Trinajstić information content (AvgIpc) is 3.40. The van der Waals surface area contributed by atoms with E-state index in [1.165, 1.54) is 11.3 Å². The first-order chi connectivity index (χ1) is 15.5. The van der Waals surface area contributed by atoms with Crippen LogP contribution in [0.3, 0.4) is 0 Å². The SMILES string of the molecule is CCOC(=O)N1CCN(C(=O)Cc2csc3nc(-c4cc(OC)ccc4OC)cn23)CC1. The Hall–Kier alpha value is -3.27. The zero-order valence-corrected chi connectivity index (χ0v) is 19.2. The third-order valence-electron chi connectivity index (χ3n) is 5.46. The molecule has 0 bridgehead atoms. The second-order valence-electron chi connectivity index (χ2n) is 7.32. The van der Waals surface area contributed by atoms with Crippen LogP contribution in [0, 0.1) is 0 Å². The fraction of sp³-hybridized carbons (Fsp3) is 0.409. The van der Waals surface area contributed by atoms with E-state index in [0.717, 1.165) is 27.7 Å². The van der Waals surface area contributed by atoms with Crippen LogP contribution in [-0.4, -0.2) is 78.2 Å². The molecular weight excluding hydrogens is 432 g/mol. The van der Waals surface area contributed by atoms with Crippen molar-refractivity contribution in [1.82, 2.24) is 19.2 Å². The minimum Gasteiger partial charge on any atom is -0.497 e. The summed E-state index contributed by atoms with van der Waals surface area (Å²) < 4.78 is 17.8. The van der Waals surface area contributed by atoms with Crippen molar-refractivity contribution in [3.8, 4) is 22.8 Å². The topological polar surface area (TPSA) is 85.6 Å². The van der Waals surface area contributed by atoms with Gasteiger partial charge in [0.05, 0.1) is 32.9 Å². The number of ether oxygens (including phenoxy) is 3. The Morgan fingerprint density at radius 1 is 1.09 bits per heavy atom.